The van der Waals surface area contributed by atoms with Crippen LogP contribution in [-0.2, 0) is 0 Å². The SMILES string of the molecule is O=C1CC(=O)c2c3ccccc3c3c4ccc5c6c(c7ccccc7c(c7ccc1c2c73)c64)C(=O)NC5=O. The number of hydrogen-bond acceptors (Lipinski definition) is 4. The Hall–Kier alpha value is -5.16. The van der Waals surface area contributed by atoms with E-state index < -0.39 is 11.8 Å². The Balaban J connectivity index is 1.74. The van der Waals surface area contributed by atoms with Crippen molar-refractivity contribution in [2.24, 2.45) is 0 Å². The summed E-state index contributed by atoms with van der Waals surface area (Å²) in [5, 5.41) is 12.6. The maximum Gasteiger partial charge on any atom is 0.259 e. The minimum absolute atomic E-state index is 0.135. The van der Waals surface area contributed by atoms with E-state index in [1.807, 2.05) is 66.7 Å². The van der Waals surface area contributed by atoms with Gasteiger partial charge in [-0.1, -0.05) is 66.7 Å². The molecule has 0 saturated carbocycles. The standard InChI is InChI=1S/C33H15NO4/c35-22-13-23(36)26-16-7-3-1-5-14(16)24-20-11-12-21-30-29(20)25(19-10-9-18(22)27(26)28(19)24)15-6-2-4-8-17(15)31(30)33(38)34-32(21)37/h1-12H,13H2,(H,34,37,38). The quantitative estimate of drug-likeness (QED) is 0.111. The number of nitrogens with one attached hydrogen (secondary N) is 1. The normalized spacial score (nSPS) is 15.2. The highest BCUT2D eigenvalue weighted by Crippen LogP contribution is 2.51. The topological polar surface area (TPSA) is 80.3 Å². The Morgan fingerprint density at radius 1 is 0.421 bits per heavy atom. The monoisotopic (exact) mass is 489 g/mol. The van der Waals surface area contributed by atoms with Crippen LogP contribution in [0.4, 0.5) is 0 Å². The van der Waals surface area contributed by atoms with E-state index in [4.69, 9.17) is 0 Å². The molecule has 1 N–H and O–H groups in total. The van der Waals surface area contributed by atoms with E-state index in [-0.39, 0.29) is 18.0 Å². The van der Waals surface area contributed by atoms with Gasteiger partial charge in [0.2, 0.25) is 0 Å². The zero-order chi connectivity index (χ0) is 25.4. The molecule has 1 heterocycles. The van der Waals surface area contributed by atoms with E-state index in [2.05, 4.69) is 5.32 Å². The second-order valence-corrected chi connectivity index (χ2v) is 10.2. The molecule has 38 heavy (non-hydrogen) atoms. The summed E-state index contributed by atoms with van der Waals surface area (Å²) < 4.78 is 0. The molecule has 7 aromatic carbocycles. The minimum Gasteiger partial charge on any atom is -0.294 e. The van der Waals surface area contributed by atoms with Crippen LogP contribution in [0.3, 0.4) is 0 Å². The van der Waals surface area contributed by atoms with Gasteiger partial charge in [0.25, 0.3) is 11.8 Å². The highest BCUT2D eigenvalue weighted by molar-refractivity contribution is 6.49. The zero-order valence-corrected chi connectivity index (χ0v) is 19.8. The number of amides is 2. The molecule has 0 fully saturated rings. The van der Waals surface area contributed by atoms with E-state index in [0.29, 0.717) is 33.0 Å². The molecule has 0 atom stereocenters. The van der Waals surface area contributed by atoms with Crippen LogP contribution in [-0.4, -0.2) is 23.4 Å². The lowest BCUT2D eigenvalue weighted by Crippen LogP contribution is -2.35. The van der Waals surface area contributed by atoms with Crippen molar-refractivity contribution in [1.29, 1.82) is 0 Å². The molecule has 0 aromatic heterocycles. The highest BCUT2D eigenvalue weighted by atomic mass is 16.2. The molecular formula is C33H15NO4. The van der Waals surface area contributed by atoms with Gasteiger partial charge in [0.1, 0.15) is 0 Å². The number of imide groups is 1. The molecule has 0 radical (unpaired) electrons. The molecule has 5 heteroatoms. The van der Waals surface area contributed by atoms with Crippen molar-refractivity contribution in [3.8, 4) is 0 Å². The molecule has 2 amide bonds. The number of hydrogen-bond donors (Lipinski definition) is 1. The average Bonchev–Trinajstić information content (AvgIpc) is 2.92. The Morgan fingerprint density at radius 2 is 0.947 bits per heavy atom. The smallest absolute Gasteiger partial charge is 0.259 e. The van der Waals surface area contributed by atoms with Crippen LogP contribution >= 0.6 is 0 Å². The number of benzene rings is 7. The molecule has 2 aliphatic rings. The van der Waals surface area contributed by atoms with Crippen LogP contribution in [0.15, 0.2) is 72.8 Å². The summed E-state index contributed by atoms with van der Waals surface area (Å²) in [5.41, 5.74) is 2.13. The van der Waals surface area contributed by atoms with Gasteiger partial charge in [0.05, 0.1) is 12.0 Å². The first-order valence-corrected chi connectivity index (χ1v) is 12.5. The minimum atomic E-state index is -0.410. The molecule has 176 valence electrons. The van der Waals surface area contributed by atoms with Crippen LogP contribution in [0.2, 0.25) is 0 Å². The molecule has 0 spiro atoms. The number of fused-ring (bicyclic) bond motifs is 8. The molecule has 5 nitrogen and oxygen atoms in total. The molecule has 1 aliphatic heterocycles. The van der Waals surface area contributed by atoms with Crippen molar-refractivity contribution >= 4 is 88.0 Å². The van der Waals surface area contributed by atoms with Gasteiger partial charge in [-0.2, -0.15) is 0 Å². The van der Waals surface area contributed by atoms with Gasteiger partial charge < -0.3 is 0 Å². The Bertz CT molecular complexity index is 2190. The fraction of sp³-hybridized carbons (Fsp3) is 0.0303. The largest absolute Gasteiger partial charge is 0.294 e. The van der Waals surface area contributed by atoms with Crippen molar-refractivity contribution in [3.63, 3.8) is 0 Å². The molecule has 1 aliphatic carbocycles. The fourth-order valence-corrected chi connectivity index (χ4v) is 7.11. The third-order valence-electron chi connectivity index (χ3n) is 8.48. The molecule has 9 rings (SSSR count). The summed E-state index contributed by atoms with van der Waals surface area (Å²) in [6.07, 6.45) is -0.135. The Labute approximate surface area is 214 Å². The maximum atomic E-state index is 13.4. The van der Waals surface area contributed by atoms with Crippen LogP contribution in [0, 0.1) is 0 Å². The number of rotatable bonds is 0. The van der Waals surface area contributed by atoms with Crippen molar-refractivity contribution in [1.82, 2.24) is 5.32 Å². The van der Waals surface area contributed by atoms with Crippen molar-refractivity contribution in [3.05, 3.63) is 95.1 Å². The lowest BCUT2D eigenvalue weighted by molar-refractivity contribution is 0.0840. The average molecular weight is 489 g/mol. The lowest BCUT2D eigenvalue weighted by atomic mass is 9.76. The predicted octanol–water partition coefficient (Wildman–Crippen LogP) is 6.70. The van der Waals surface area contributed by atoms with Crippen LogP contribution in [0.25, 0.3) is 64.6 Å². The lowest BCUT2D eigenvalue weighted by Gasteiger charge is -2.26. The summed E-state index contributed by atoms with van der Waals surface area (Å²) >= 11 is 0. The summed E-state index contributed by atoms with van der Waals surface area (Å²) in [6, 6.07) is 23.1. The number of ketones is 2. The Kier molecular flexibility index (Phi) is 3.36. The predicted molar refractivity (Wildman–Crippen MR) is 148 cm³/mol. The number of Topliss-reactive ketones (excluding diaryl/α,β-unsaturated/α-hetero) is 2. The third-order valence-corrected chi connectivity index (χ3v) is 8.48. The summed E-state index contributed by atoms with van der Waals surface area (Å²) in [5.74, 6) is -1.14. The van der Waals surface area contributed by atoms with Gasteiger partial charge in [-0.3, -0.25) is 24.5 Å². The first-order chi connectivity index (χ1) is 18.5. The van der Waals surface area contributed by atoms with Crippen LogP contribution in [0.1, 0.15) is 47.9 Å². The molecule has 0 saturated heterocycles. The van der Waals surface area contributed by atoms with E-state index in [9.17, 15) is 19.2 Å². The maximum absolute atomic E-state index is 13.4. The molecule has 0 bridgehead atoms. The van der Waals surface area contributed by atoms with Gasteiger partial charge in [-0.05, 0) is 59.9 Å². The van der Waals surface area contributed by atoms with E-state index in [1.165, 1.54) is 0 Å². The molecular weight excluding hydrogens is 474 g/mol. The zero-order valence-electron chi connectivity index (χ0n) is 19.8. The van der Waals surface area contributed by atoms with E-state index in [0.717, 1.165) is 53.9 Å². The first kappa shape index (κ1) is 20.0. The van der Waals surface area contributed by atoms with Gasteiger partial charge in [0.15, 0.2) is 11.6 Å². The Morgan fingerprint density at radius 3 is 1.58 bits per heavy atom. The second-order valence-electron chi connectivity index (χ2n) is 10.2. The fourth-order valence-electron chi connectivity index (χ4n) is 7.11. The van der Waals surface area contributed by atoms with E-state index >= 15 is 0 Å². The number of carbonyl (C=O) groups is 4. The van der Waals surface area contributed by atoms with Crippen molar-refractivity contribution in [2.45, 2.75) is 6.42 Å². The molecule has 7 aromatic rings. The highest BCUT2D eigenvalue weighted by Gasteiger charge is 2.34. The van der Waals surface area contributed by atoms with Gasteiger partial charge in [0, 0.05) is 27.5 Å². The van der Waals surface area contributed by atoms with Crippen LogP contribution < -0.4 is 5.32 Å². The van der Waals surface area contributed by atoms with Gasteiger partial charge in [-0.15, -0.1) is 0 Å². The van der Waals surface area contributed by atoms with Gasteiger partial charge in [-0.25, -0.2) is 0 Å². The van der Waals surface area contributed by atoms with Gasteiger partial charge >= 0.3 is 0 Å². The summed E-state index contributed by atoms with van der Waals surface area (Å²) in [6.45, 7) is 0. The van der Waals surface area contributed by atoms with Crippen molar-refractivity contribution < 1.29 is 19.2 Å². The summed E-state index contributed by atoms with van der Waals surface area (Å²) in [4.78, 5) is 52.8. The van der Waals surface area contributed by atoms with E-state index in [1.54, 1.807) is 6.07 Å². The molecule has 0 unspecified atom stereocenters. The second kappa shape index (κ2) is 6.39. The first-order valence-electron chi connectivity index (χ1n) is 12.5. The van der Waals surface area contributed by atoms with Crippen molar-refractivity contribution in [2.75, 3.05) is 0 Å². The summed E-state index contributed by atoms with van der Waals surface area (Å²) in [7, 11) is 0. The number of carbonyl (C=O) groups excluding carboxylic acids is 4. The van der Waals surface area contributed by atoms with Crippen LogP contribution in [0.5, 0.6) is 0 Å². The third kappa shape index (κ3) is 2.08.